The van der Waals surface area contributed by atoms with Crippen LogP contribution in [-0.4, -0.2) is 85.3 Å². The summed E-state index contributed by atoms with van der Waals surface area (Å²) in [5.41, 5.74) is 1.04. The zero-order valence-electron chi connectivity index (χ0n) is 21.2. The zero-order chi connectivity index (χ0) is 25.7. The molecule has 36 heavy (non-hydrogen) atoms. The fourth-order valence-corrected chi connectivity index (χ4v) is 8.64. The standard InChI is InChI=1S/C28H35N3O4S/c1-19(2)30-15-8-13-28-22(25(34)31(16-9-17-32)23(28)26(30)35)21-24(33)29(14-7-12-27(21,3)36-28)18-20-10-5-4-6-11-20/h4-8,10-13,19,21-23,32H,9,14-18H2,1-3H3/t21-,22-,23?,27+,28-/m0/s1. The number of amides is 3. The van der Waals surface area contributed by atoms with E-state index in [4.69, 9.17) is 0 Å². The molecule has 4 aliphatic heterocycles. The summed E-state index contributed by atoms with van der Waals surface area (Å²) in [5, 5.41) is 9.53. The summed E-state index contributed by atoms with van der Waals surface area (Å²) in [4.78, 5) is 47.6. The molecule has 3 amide bonds. The van der Waals surface area contributed by atoms with Crippen molar-refractivity contribution in [3.05, 3.63) is 60.2 Å². The molecule has 1 unspecified atom stereocenters. The van der Waals surface area contributed by atoms with Crippen LogP contribution in [-0.2, 0) is 20.9 Å². The van der Waals surface area contributed by atoms with E-state index >= 15 is 0 Å². The molecule has 8 heteroatoms. The van der Waals surface area contributed by atoms with Crippen molar-refractivity contribution in [1.82, 2.24) is 14.7 Å². The highest BCUT2D eigenvalue weighted by Gasteiger charge is 2.73. The molecule has 2 fully saturated rings. The summed E-state index contributed by atoms with van der Waals surface area (Å²) >= 11 is 1.60. The topological polar surface area (TPSA) is 81.2 Å². The molecule has 4 aliphatic rings. The van der Waals surface area contributed by atoms with Crippen molar-refractivity contribution in [2.24, 2.45) is 11.8 Å². The maximum absolute atomic E-state index is 14.2. The molecule has 192 valence electrons. The predicted molar refractivity (Wildman–Crippen MR) is 140 cm³/mol. The number of fused-ring (bicyclic) bond motifs is 2. The predicted octanol–water partition coefficient (Wildman–Crippen LogP) is 2.46. The first kappa shape index (κ1) is 25.1. The SMILES string of the molecule is CC(C)N1CC=C[C@]23S[C@]4(C)C=CCN(Cc5ccccc5)C(=O)[C@@H]4[C@H]2C(=O)N(CCCO)C3C1=O. The third-order valence-corrected chi connectivity index (χ3v) is 9.86. The third kappa shape index (κ3) is 3.80. The number of thioether (sulfide) groups is 1. The Balaban J connectivity index is 1.58. The second kappa shape index (κ2) is 9.38. The zero-order valence-corrected chi connectivity index (χ0v) is 22.0. The minimum atomic E-state index is -0.831. The van der Waals surface area contributed by atoms with Gasteiger partial charge in [0, 0.05) is 43.6 Å². The molecule has 4 heterocycles. The summed E-state index contributed by atoms with van der Waals surface area (Å²) < 4.78 is -1.44. The highest BCUT2D eigenvalue weighted by Crippen LogP contribution is 2.65. The van der Waals surface area contributed by atoms with Gasteiger partial charge < -0.3 is 19.8 Å². The number of hydrogen-bond donors (Lipinski definition) is 1. The molecule has 1 spiro atoms. The van der Waals surface area contributed by atoms with Gasteiger partial charge >= 0.3 is 0 Å². The lowest BCUT2D eigenvalue weighted by atomic mass is 9.74. The van der Waals surface area contributed by atoms with E-state index in [2.05, 4.69) is 6.08 Å². The lowest BCUT2D eigenvalue weighted by Gasteiger charge is -2.37. The first-order valence-electron chi connectivity index (χ1n) is 12.8. The highest BCUT2D eigenvalue weighted by atomic mass is 32.2. The van der Waals surface area contributed by atoms with Gasteiger partial charge in [0.25, 0.3) is 0 Å². The Hall–Kier alpha value is -2.58. The maximum Gasteiger partial charge on any atom is 0.247 e. The fraction of sp³-hybridized carbons (Fsp3) is 0.536. The first-order valence-corrected chi connectivity index (χ1v) is 13.7. The van der Waals surface area contributed by atoms with Crippen molar-refractivity contribution >= 4 is 29.5 Å². The average Bonchev–Trinajstić information content (AvgIpc) is 3.11. The van der Waals surface area contributed by atoms with Crippen molar-refractivity contribution in [2.75, 3.05) is 26.2 Å². The van der Waals surface area contributed by atoms with Crippen molar-refractivity contribution in [3.8, 4) is 0 Å². The number of benzene rings is 1. The van der Waals surface area contributed by atoms with Gasteiger partial charge in [-0.05, 0) is 32.8 Å². The van der Waals surface area contributed by atoms with Gasteiger partial charge in [-0.1, -0.05) is 54.6 Å². The molecule has 0 saturated carbocycles. The van der Waals surface area contributed by atoms with Crippen LogP contribution >= 0.6 is 11.8 Å². The van der Waals surface area contributed by atoms with Crippen LogP contribution < -0.4 is 0 Å². The number of likely N-dealkylation sites (tertiary alicyclic amines) is 1. The number of carbonyl (C=O) groups is 3. The number of rotatable bonds is 6. The van der Waals surface area contributed by atoms with Gasteiger partial charge in [-0.15, -0.1) is 11.8 Å². The van der Waals surface area contributed by atoms with E-state index in [0.29, 0.717) is 32.6 Å². The molecular weight excluding hydrogens is 474 g/mol. The van der Waals surface area contributed by atoms with E-state index in [1.165, 1.54) is 0 Å². The van der Waals surface area contributed by atoms with E-state index in [9.17, 15) is 19.5 Å². The summed E-state index contributed by atoms with van der Waals surface area (Å²) in [6.07, 6.45) is 8.57. The Morgan fingerprint density at radius 2 is 1.72 bits per heavy atom. The van der Waals surface area contributed by atoms with Crippen molar-refractivity contribution in [2.45, 2.75) is 55.3 Å². The molecule has 2 saturated heterocycles. The normalized spacial score (nSPS) is 33.6. The molecule has 0 aliphatic carbocycles. The summed E-state index contributed by atoms with van der Waals surface area (Å²) in [5.74, 6) is -1.49. The van der Waals surface area contributed by atoms with Crippen LogP contribution in [0.25, 0.3) is 0 Å². The molecule has 1 N–H and O–H groups in total. The second-order valence-corrected chi connectivity index (χ2v) is 12.5. The molecule has 5 atom stereocenters. The van der Waals surface area contributed by atoms with Gasteiger partial charge in [0.15, 0.2) is 0 Å². The van der Waals surface area contributed by atoms with Crippen LogP contribution in [0.15, 0.2) is 54.6 Å². The number of nitrogens with zero attached hydrogens (tertiary/aromatic N) is 3. The van der Waals surface area contributed by atoms with Crippen LogP contribution in [0.4, 0.5) is 0 Å². The molecule has 0 aromatic heterocycles. The van der Waals surface area contributed by atoms with Gasteiger partial charge in [-0.3, -0.25) is 14.4 Å². The lowest BCUT2D eigenvalue weighted by Crippen LogP contribution is -2.54. The van der Waals surface area contributed by atoms with Crippen molar-refractivity contribution < 1.29 is 19.5 Å². The number of carbonyl (C=O) groups excluding carboxylic acids is 3. The van der Waals surface area contributed by atoms with Crippen molar-refractivity contribution in [3.63, 3.8) is 0 Å². The van der Waals surface area contributed by atoms with E-state index in [-0.39, 0.29) is 30.4 Å². The Morgan fingerprint density at radius 1 is 1.00 bits per heavy atom. The van der Waals surface area contributed by atoms with Crippen molar-refractivity contribution in [1.29, 1.82) is 0 Å². The molecule has 5 rings (SSSR count). The van der Waals surface area contributed by atoms with Gasteiger partial charge in [0.1, 0.15) is 6.04 Å². The average molecular weight is 510 g/mol. The summed E-state index contributed by atoms with van der Waals surface area (Å²) in [6, 6.07) is 9.19. The van der Waals surface area contributed by atoms with Crippen LogP contribution in [0.3, 0.4) is 0 Å². The third-order valence-electron chi connectivity index (χ3n) is 8.07. The summed E-state index contributed by atoms with van der Waals surface area (Å²) in [6.45, 7) is 7.69. The first-order chi connectivity index (χ1) is 17.2. The Morgan fingerprint density at radius 3 is 2.42 bits per heavy atom. The number of aliphatic hydroxyl groups excluding tert-OH is 1. The highest BCUT2D eigenvalue weighted by molar-refractivity contribution is 8.02. The molecule has 0 radical (unpaired) electrons. The van der Waals surface area contributed by atoms with Gasteiger partial charge in [0.2, 0.25) is 17.7 Å². The minimum Gasteiger partial charge on any atom is -0.396 e. The van der Waals surface area contributed by atoms with Crippen LogP contribution in [0.2, 0.25) is 0 Å². The molecule has 7 nitrogen and oxygen atoms in total. The Bertz CT molecular complexity index is 1110. The fourth-order valence-electron chi connectivity index (χ4n) is 6.48. The minimum absolute atomic E-state index is 0.0125. The van der Waals surface area contributed by atoms with E-state index in [0.717, 1.165) is 5.56 Å². The smallest absolute Gasteiger partial charge is 0.247 e. The molecule has 0 bridgehead atoms. The van der Waals surface area contributed by atoms with Gasteiger partial charge in [-0.2, -0.15) is 0 Å². The van der Waals surface area contributed by atoms with Gasteiger partial charge in [-0.25, -0.2) is 0 Å². The number of hydrogen-bond acceptors (Lipinski definition) is 5. The van der Waals surface area contributed by atoms with Crippen LogP contribution in [0, 0.1) is 11.8 Å². The maximum atomic E-state index is 14.2. The van der Waals surface area contributed by atoms with Crippen LogP contribution in [0.1, 0.15) is 32.8 Å². The molecular formula is C28H35N3O4S. The molecule has 1 aromatic carbocycles. The van der Waals surface area contributed by atoms with Crippen LogP contribution in [0.5, 0.6) is 0 Å². The number of aliphatic hydroxyl groups is 1. The van der Waals surface area contributed by atoms with E-state index < -0.39 is 27.4 Å². The second-order valence-electron chi connectivity index (χ2n) is 10.7. The van der Waals surface area contributed by atoms with E-state index in [1.807, 2.05) is 79.1 Å². The molecule has 1 aromatic rings. The largest absolute Gasteiger partial charge is 0.396 e. The van der Waals surface area contributed by atoms with Gasteiger partial charge in [0.05, 0.1) is 16.6 Å². The van der Waals surface area contributed by atoms with E-state index in [1.54, 1.807) is 16.7 Å². The Kier molecular flexibility index (Phi) is 6.53. The quantitative estimate of drug-likeness (QED) is 0.596. The lowest BCUT2D eigenvalue weighted by molar-refractivity contribution is -0.145. The summed E-state index contributed by atoms with van der Waals surface area (Å²) in [7, 11) is 0. The Labute approximate surface area is 217 Å². The monoisotopic (exact) mass is 509 g/mol.